The summed E-state index contributed by atoms with van der Waals surface area (Å²) in [5.41, 5.74) is 1.19. The van der Waals surface area contributed by atoms with Crippen LogP contribution in [0.5, 0.6) is 5.75 Å². The first-order valence-corrected chi connectivity index (χ1v) is 12.6. The average Bonchev–Trinajstić information content (AvgIpc) is 3.53. The second-order valence-electron chi connectivity index (χ2n) is 9.91. The highest BCUT2D eigenvalue weighted by Crippen LogP contribution is 2.46. The van der Waals surface area contributed by atoms with Crippen molar-refractivity contribution in [2.75, 3.05) is 16.8 Å². The van der Waals surface area contributed by atoms with Crippen molar-refractivity contribution in [2.24, 2.45) is 5.92 Å². The molecular formula is C28H23F4N3O6. The Kier molecular flexibility index (Phi) is 7.05. The number of nitro groups is 1. The van der Waals surface area contributed by atoms with E-state index >= 15 is 0 Å². The molecule has 2 N–H and O–H groups in total. The molecule has 0 fully saturated rings. The maximum atomic E-state index is 13.9. The first kappa shape index (κ1) is 27.9. The first-order chi connectivity index (χ1) is 19.4. The van der Waals surface area contributed by atoms with E-state index in [1.54, 1.807) is 12.1 Å². The van der Waals surface area contributed by atoms with Gasteiger partial charge in [0.2, 0.25) is 0 Å². The van der Waals surface area contributed by atoms with Gasteiger partial charge in [0.05, 0.1) is 23.5 Å². The molecule has 0 bridgehead atoms. The van der Waals surface area contributed by atoms with Crippen LogP contribution >= 0.6 is 0 Å². The van der Waals surface area contributed by atoms with E-state index in [2.05, 4.69) is 5.32 Å². The molecule has 0 saturated heterocycles. The molecule has 41 heavy (non-hydrogen) atoms. The van der Waals surface area contributed by atoms with Crippen molar-refractivity contribution in [1.29, 1.82) is 0 Å². The number of nitrogens with one attached hydrogen (secondary N) is 1. The summed E-state index contributed by atoms with van der Waals surface area (Å²) in [5.74, 6) is -4.95. The minimum Gasteiger partial charge on any atom is -0.493 e. The molecule has 9 nitrogen and oxygen atoms in total. The number of carboxylic acids is 1. The predicted octanol–water partition coefficient (Wildman–Crippen LogP) is 6.26. The van der Waals surface area contributed by atoms with Gasteiger partial charge in [-0.1, -0.05) is 25.1 Å². The Morgan fingerprint density at radius 2 is 1.88 bits per heavy atom. The summed E-state index contributed by atoms with van der Waals surface area (Å²) in [5, 5.41) is 23.7. The van der Waals surface area contributed by atoms with E-state index in [9.17, 15) is 42.4 Å². The summed E-state index contributed by atoms with van der Waals surface area (Å²) in [7, 11) is 0. The molecule has 1 aliphatic heterocycles. The summed E-state index contributed by atoms with van der Waals surface area (Å²) in [6, 6.07) is 10.7. The molecule has 1 aliphatic carbocycles. The molecule has 1 heterocycles. The van der Waals surface area contributed by atoms with Crippen LogP contribution in [0.2, 0.25) is 0 Å². The number of carbonyl (C=O) groups is 2. The Balaban J connectivity index is 1.54. The van der Waals surface area contributed by atoms with Crippen LogP contribution in [0.1, 0.15) is 42.0 Å². The number of alkyl halides is 3. The van der Waals surface area contributed by atoms with Gasteiger partial charge >= 0.3 is 18.1 Å². The van der Waals surface area contributed by atoms with Gasteiger partial charge in [-0.05, 0) is 42.2 Å². The maximum Gasteiger partial charge on any atom is 0.471 e. The number of rotatable bonds is 7. The van der Waals surface area contributed by atoms with Crippen molar-refractivity contribution in [1.82, 2.24) is 0 Å². The van der Waals surface area contributed by atoms with Crippen LogP contribution in [0.15, 0.2) is 54.6 Å². The Labute approximate surface area is 230 Å². The average molecular weight is 573 g/mol. The molecule has 0 aromatic heterocycles. The summed E-state index contributed by atoms with van der Waals surface area (Å²) < 4.78 is 61.1. The van der Waals surface area contributed by atoms with Crippen LogP contribution in [-0.2, 0) is 16.0 Å². The topological polar surface area (TPSA) is 122 Å². The predicted molar refractivity (Wildman–Crippen MR) is 139 cm³/mol. The fourth-order valence-corrected chi connectivity index (χ4v) is 5.47. The van der Waals surface area contributed by atoms with Crippen molar-refractivity contribution in [2.45, 2.75) is 37.9 Å². The van der Waals surface area contributed by atoms with Gasteiger partial charge in [0.1, 0.15) is 17.3 Å². The lowest BCUT2D eigenvalue weighted by Gasteiger charge is -2.31. The number of nitrogens with zero attached hydrogens (tertiary/aromatic N) is 2. The number of hydrogen-bond acceptors (Lipinski definition) is 6. The monoisotopic (exact) mass is 573 g/mol. The van der Waals surface area contributed by atoms with Crippen LogP contribution in [0.25, 0.3) is 0 Å². The molecular weight excluding hydrogens is 550 g/mol. The quantitative estimate of drug-likeness (QED) is 0.194. The van der Waals surface area contributed by atoms with Gasteiger partial charge < -0.3 is 15.2 Å². The number of benzene rings is 3. The Morgan fingerprint density at radius 3 is 2.56 bits per heavy atom. The van der Waals surface area contributed by atoms with E-state index in [0.717, 1.165) is 18.2 Å². The minimum absolute atomic E-state index is 0.0347. The lowest BCUT2D eigenvalue weighted by molar-refractivity contribution is -0.384. The first-order valence-electron chi connectivity index (χ1n) is 12.6. The van der Waals surface area contributed by atoms with Gasteiger partial charge in [0.15, 0.2) is 0 Å². The molecule has 13 heteroatoms. The highest BCUT2D eigenvalue weighted by atomic mass is 19.4. The van der Waals surface area contributed by atoms with Crippen LogP contribution in [0.3, 0.4) is 0 Å². The number of halogens is 4. The van der Waals surface area contributed by atoms with Crippen molar-refractivity contribution in [3.8, 4) is 5.75 Å². The zero-order valence-corrected chi connectivity index (χ0v) is 21.4. The van der Waals surface area contributed by atoms with Crippen molar-refractivity contribution >= 4 is 34.6 Å². The zero-order valence-electron chi connectivity index (χ0n) is 21.4. The zero-order chi connectivity index (χ0) is 29.6. The lowest BCUT2D eigenvalue weighted by atomic mass is 9.89. The van der Waals surface area contributed by atoms with Gasteiger partial charge in [0.25, 0.3) is 5.69 Å². The Morgan fingerprint density at radius 1 is 1.12 bits per heavy atom. The number of carbonyl (C=O) groups excluding carboxylic acids is 1. The smallest absolute Gasteiger partial charge is 0.471 e. The molecule has 0 saturated carbocycles. The number of nitro benzene ring substituents is 1. The van der Waals surface area contributed by atoms with Gasteiger partial charge in [-0.2, -0.15) is 13.2 Å². The van der Waals surface area contributed by atoms with E-state index in [-0.39, 0.29) is 42.3 Å². The molecule has 0 radical (unpaired) electrons. The van der Waals surface area contributed by atoms with E-state index in [0.29, 0.717) is 27.3 Å². The van der Waals surface area contributed by atoms with Crippen molar-refractivity contribution in [3.05, 3.63) is 87.2 Å². The largest absolute Gasteiger partial charge is 0.493 e. The molecule has 3 atom stereocenters. The fraction of sp³-hybridized carbons (Fsp3) is 0.286. The van der Waals surface area contributed by atoms with Gasteiger partial charge in [-0.3, -0.25) is 24.6 Å². The van der Waals surface area contributed by atoms with Crippen LogP contribution in [0.4, 0.5) is 40.3 Å². The summed E-state index contributed by atoms with van der Waals surface area (Å²) in [6.07, 6.45) is -4.87. The Bertz CT molecular complexity index is 1560. The molecule has 0 spiro atoms. The third-order valence-electron chi connectivity index (χ3n) is 7.52. The van der Waals surface area contributed by atoms with Crippen molar-refractivity contribution < 1.29 is 41.9 Å². The number of carboxylic acid groups (broad SMARTS) is 1. The number of anilines is 3. The molecule has 5 rings (SSSR count). The highest BCUT2D eigenvalue weighted by Gasteiger charge is 2.47. The number of aliphatic carboxylic acids is 1. The molecule has 2 unspecified atom stereocenters. The molecule has 3 aromatic rings. The second kappa shape index (κ2) is 10.4. The second-order valence-corrected chi connectivity index (χ2v) is 9.91. The number of fused-ring (bicyclic) bond motifs is 2. The van der Waals surface area contributed by atoms with Crippen molar-refractivity contribution in [3.63, 3.8) is 0 Å². The Hall–Kier alpha value is -4.68. The van der Waals surface area contributed by atoms with Gasteiger partial charge in [-0.25, -0.2) is 4.39 Å². The normalized spacial score (nSPS) is 18.2. The number of ether oxygens (including phenoxy) is 1. The summed E-state index contributed by atoms with van der Waals surface area (Å²) >= 11 is 0. The summed E-state index contributed by atoms with van der Waals surface area (Å²) in [6.45, 7) is 1.55. The molecule has 3 aromatic carbocycles. The third kappa shape index (κ3) is 5.14. The third-order valence-corrected chi connectivity index (χ3v) is 7.52. The minimum atomic E-state index is -5.21. The standard InChI is InChI=1S/C28H23F4N3O6/c1-14(26(36)37)20-13-41-25-12-16(6-7-19(20)25)34(27(38)28(30,31)32)23-10-8-17-18(23)3-2-4-21(17)33-22-11-15(29)5-9-24(22)35(39)40/h2-7,9,11-12,14,20,23,33H,8,10,13H2,1H3,(H,36,37)/t14?,20-,23?/m0/s1. The van der Waals surface area contributed by atoms with Gasteiger partial charge in [-0.15, -0.1) is 0 Å². The van der Waals surface area contributed by atoms with E-state index in [1.807, 2.05) is 0 Å². The maximum absolute atomic E-state index is 13.9. The fourth-order valence-electron chi connectivity index (χ4n) is 5.47. The number of amides is 1. The van der Waals surface area contributed by atoms with E-state index in [4.69, 9.17) is 4.74 Å². The van der Waals surface area contributed by atoms with Gasteiger partial charge in [0, 0.05) is 41.1 Å². The molecule has 2 aliphatic rings. The SMILES string of the molecule is CC(C(=O)O)[C@@H]1COc2cc(N(C(=O)C(F)(F)F)C3CCc4c(Nc5cc(F)ccc5[N+](=O)[O-])cccc43)ccc21. The van der Waals surface area contributed by atoms with Crippen LogP contribution in [0, 0.1) is 21.8 Å². The lowest BCUT2D eigenvalue weighted by Crippen LogP contribution is -2.43. The van der Waals surface area contributed by atoms with Crippen LogP contribution in [-0.4, -0.2) is 34.7 Å². The molecule has 1 amide bonds. The number of hydrogen-bond donors (Lipinski definition) is 2. The summed E-state index contributed by atoms with van der Waals surface area (Å²) in [4.78, 5) is 35.7. The van der Waals surface area contributed by atoms with E-state index < -0.39 is 46.7 Å². The molecule has 214 valence electrons. The highest BCUT2D eigenvalue weighted by molar-refractivity contribution is 5.98. The van der Waals surface area contributed by atoms with Crippen LogP contribution < -0.4 is 15.0 Å². The van der Waals surface area contributed by atoms with E-state index in [1.165, 1.54) is 31.2 Å².